The third-order valence-electron chi connectivity index (χ3n) is 4.43. The van der Waals surface area contributed by atoms with Crippen molar-refractivity contribution in [1.82, 2.24) is 0 Å². The van der Waals surface area contributed by atoms with Gasteiger partial charge in [0.25, 0.3) is 0 Å². The molecule has 0 N–H and O–H groups in total. The van der Waals surface area contributed by atoms with Crippen molar-refractivity contribution in [2.75, 3.05) is 0 Å². The van der Waals surface area contributed by atoms with E-state index in [2.05, 4.69) is 33.1 Å². The Morgan fingerprint density at radius 3 is 2.64 bits per heavy atom. The molecule has 1 nitrogen and oxygen atoms in total. The van der Waals surface area contributed by atoms with Gasteiger partial charge in [-0.2, -0.15) is 0 Å². The Kier molecular flexibility index (Phi) is 2.04. The summed E-state index contributed by atoms with van der Waals surface area (Å²) in [5, 5.41) is 0. The smallest absolute Gasteiger partial charge is 0.125 e. The summed E-state index contributed by atoms with van der Waals surface area (Å²) < 4.78 is 5.81. The van der Waals surface area contributed by atoms with Crippen molar-refractivity contribution in [2.45, 2.75) is 46.1 Å². The lowest BCUT2D eigenvalue weighted by molar-refractivity contribution is -0.0438. The first kappa shape index (κ1) is 9.86. The molecular weight excluding hydrogens is 172 g/mol. The Labute approximate surface area is 86.8 Å². The molecule has 0 aliphatic heterocycles. The molecular formula is C13H20O. The summed E-state index contributed by atoms with van der Waals surface area (Å²) in [7, 11) is 0. The lowest BCUT2D eigenvalue weighted by atomic mass is 9.70. The van der Waals surface area contributed by atoms with Gasteiger partial charge < -0.3 is 4.74 Å². The van der Waals surface area contributed by atoms with Crippen LogP contribution in [0.15, 0.2) is 18.6 Å². The fourth-order valence-corrected chi connectivity index (χ4v) is 3.71. The van der Waals surface area contributed by atoms with E-state index in [4.69, 9.17) is 4.74 Å². The largest absolute Gasteiger partial charge is 0.489 e. The number of hydrogen-bond acceptors (Lipinski definition) is 1. The van der Waals surface area contributed by atoms with Crippen molar-refractivity contribution < 1.29 is 4.74 Å². The lowest BCUT2D eigenvalue weighted by Gasteiger charge is -2.41. The monoisotopic (exact) mass is 192 g/mol. The maximum absolute atomic E-state index is 5.81. The zero-order chi connectivity index (χ0) is 10.4. The van der Waals surface area contributed by atoms with Crippen molar-refractivity contribution in [3.05, 3.63) is 18.6 Å². The second kappa shape index (κ2) is 2.90. The Morgan fingerprint density at radius 1 is 1.43 bits per heavy atom. The van der Waals surface area contributed by atoms with Gasteiger partial charge in [0.2, 0.25) is 0 Å². The Balaban J connectivity index is 2.25. The summed E-state index contributed by atoms with van der Waals surface area (Å²) >= 11 is 0. The van der Waals surface area contributed by atoms with Crippen LogP contribution >= 0.6 is 0 Å². The Hall–Kier alpha value is -0.680. The van der Waals surface area contributed by atoms with E-state index in [1.165, 1.54) is 19.3 Å². The first-order valence-electron chi connectivity index (χ1n) is 5.50. The van der Waals surface area contributed by atoms with Crippen LogP contribution in [0.2, 0.25) is 0 Å². The minimum absolute atomic E-state index is 0.320. The van der Waals surface area contributed by atoms with Crippen molar-refractivity contribution in [3.63, 3.8) is 0 Å². The summed E-state index contributed by atoms with van der Waals surface area (Å²) in [5.74, 6) is 0.843. The number of rotatable bonds is 2. The lowest BCUT2D eigenvalue weighted by Crippen LogP contribution is -2.41. The molecule has 0 amide bonds. The molecule has 2 bridgehead atoms. The molecule has 0 aromatic rings. The van der Waals surface area contributed by atoms with Crippen LogP contribution in [0.1, 0.15) is 40.0 Å². The molecule has 3 atom stereocenters. The molecule has 0 saturated heterocycles. The van der Waals surface area contributed by atoms with Gasteiger partial charge in [-0.1, -0.05) is 33.1 Å². The first-order chi connectivity index (χ1) is 6.50. The quantitative estimate of drug-likeness (QED) is 0.480. The van der Waals surface area contributed by atoms with E-state index in [-0.39, 0.29) is 0 Å². The van der Waals surface area contributed by atoms with Gasteiger partial charge >= 0.3 is 0 Å². The van der Waals surface area contributed by atoms with Crippen LogP contribution in [-0.4, -0.2) is 6.10 Å². The van der Waals surface area contributed by atoms with Crippen LogP contribution in [-0.2, 0) is 4.74 Å². The molecule has 2 rings (SSSR count). The summed E-state index contributed by atoms with van der Waals surface area (Å²) in [6.45, 7) is 10.6. The topological polar surface area (TPSA) is 9.23 Å². The first-order valence-corrected chi connectivity index (χ1v) is 5.50. The fraction of sp³-hybridized carbons (Fsp3) is 0.769. The van der Waals surface area contributed by atoms with Gasteiger partial charge in [0.15, 0.2) is 0 Å². The Bertz CT molecular complexity index is 281. The number of hydrogen-bond donors (Lipinski definition) is 0. The molecule has 1 heteroatoms. The summed E-state index contributed by atoms with van der Waals surface area (Å²) in [5.41, 5.74) is 3.42. The normalized spacial score (nSPS) is 43.4. The number of ether oxygens (including phenoxy) is 1. The van der Waals surface area contributed by atoms with E-state index >= 15 is 0 Å². The van der Waals surface area contributed by atoms with Gasteiger partial charge in [0.05, 0.1) is 0 Å². The van der Waals surface area contributed by atoms with Crippen LogP contribution in [0.4, 0.5) is 0 Å². The van der Waals surface area contributed by atoms with Crippen molar-refractivity contribution >= 4 is 0 Å². The predicted molar refractivity (Wildman–Crippen MR) is 57.8 cm³/mol. The van der Waals surface area contributed by atoms with Crippen molar-refractivity contribution in [2.24, 2.45) is 16.7 Å². The number of fused-ring (bicyclic) bond motifs is 2. The Morgan fingerprint density at radius 2 is 2.14 bits per heavy atom. The summed E-state index contributed by atoms with van der Waals surface area (Å²) in [4.78, 5) is 0. The highest BCUT2D eigenvalue weighted by atomic mass is 16.5. The molecule has 0 unspecified atom stereocenters. The van der Waals surface area contributed by atoms with Crippen LogP contribution in [0, 0.1) is 16.7 Å². The zero-order valence-electron chi connectivity index (χ0n) is 9.47. The SMILES string of the molecule is C=C=CO[C@H]1C(C)(C)[C@H]2CC[C@]1(C)C2. The van der Waals surface area contributed by atoms with Crippen LogP contribution in [0.25, 0.3) is 0 Å². The predicted octanol–water partition coefficient (Wildman–Crippen LogP) is 3.52. The second-order valence-corrected chi connectivity index (χ2v) is 5.75. The average Bonchev–Trinajstić information content (AvgIpc) is 2.55. The van der Waals surface area contributed by atoms with E-state index in [0.29, 0.717) is 16.9 Å². The molecule has 0 spiro atoms. The maximum atomic E-state index is 5.81. The van der Waals surface area contributed by atoms with Crippen LogP contribution < -0.4 is 0 Å². The zero-order valence-corrected chi connectivity index (χ0v) is 9.47. The second-order valence-electron chi connectivity index (χ2n) is 5.75. The van der Waals surface area contributed by atoms with Gasteiger partial charge in [-0.25, -0.2) is 0 Å². The highest BCUT2D eigenvalue weighted by molar-refractivity contribution is 5.10. The van der Waals surface area contributed by atoms with Crippen molar-refractivity contribution in [3.8, 4) is 0 Å². The maximum Gasteiger partial charge on any atom is 0.125 e. The minimum Gasteiger partial charge on any atom is -0.489 e. The average molecular weight is 192 g/mol. The molecule has 0 aromatic carbocycles. The molecule has 2 fully saturated rings. The van der Waals surface area contributed by atoms with Gasteiger partial charge in [-0.15, -0.1) is 0 Å². The molecule has 78 valence electrons. The minimum atomic E-state index is 0.320. The molecule has 2 saturated carbocycles. The van der Waals surface area contributed by atoms with E-state index in [1.807, 2.05) is 0 Å². The molecule has 14 heavy (non-hydrogen) atoms. The molecule has 2 aliphatic carbocycles. The van der Waals surface area contributed by atoms with Crippen molar-refractivity contribution in [1.29, 1.82) is 0 Å². The molecule has 2 aliphatic rings. The molecule has 0 aromatic heterocycles. The van der Waals surface area contributed by atoms with Gasteiger partial charge in [-0.3, -0.25) is 0 Å². The van der Waals surface area contributed by atoms with Gasteiger partial charge in [-0.05, 0) is 25.2 Å². The van der Waals surface area contributed by atoms with E-state index in [1.54, 1.807) is 6.26 Å². The highest BCUT2D eigenvalue weighted by Crippen LogP contribution is 2.63. The highest BCUT2D eigenvalue weighted by Gasteiger charge is 2.60. The summed E-state index contributed by atoms with van der Waals surface area (Å²) in [6.07, 6.45) is 6.01. The van der Waals surface area contributed by atoms with Gasteiger partial charge in [0.1, 0.15) is 12.4 Å². The third-order valence-corrected chi connectivity index (χ3v) is 4.43. The fourth-order valence-electron chi connectivity index (χ4n) is 3.71. The summed E-state index contributed by atoms with van der Waals surface area (Å²) in [6, 6.07) is 0. The molecule has 0 radical (unpaired) electrons. The van der Waals surface area contributed by atoms with Crippen LogP contribution in [0.5, 0.6) is 0 Å². The standard InChI is InChI=1S/C13H20O/c1-5-8-14-11-12(2,3)10-6-7-13(11,4)9-10/h8,10-11H,1,6-7,9H2,2-4H3/t10-,11-,13+/m0/s1. The third kappa shape index (κ3) is 1.15. The molecule has 0 heterocycles. The van der Waals surface area contributed by atoms with Gasteiger partial charge in [0, 0.05) is 10.8 Å². The van der Waals surface area contributed by atoms with E-state index in [0.717, 1.165) is 5.92 Å². The van der Waals surface area contributed by atoms with E-state index in [9.17, 15) is 0 Å². The van der Waals surface area contributed by atoms with Crippen LogP contribution in [0.3, 0.4) is 0 Å². The van der Waals surface area contributed by atoms with E-state index < -0.39 is 0 Å².